The smallest absolute Gasteiger partial charge is 0.407 e. The van der Waals surface area contributed by atoms with E-state index in [9.17, 15) is 4.79 Å². The summed E-state index contributed by atoms with van der Waals surface area (Å²) < 4.78 is 10.6. The molecule has 104 valence electrons. The van der Waals surface area contributed by atoms with Crippen LogP contribution in [0.5, 0.6) is 11.5 Å². The van der Waals surface area contributed by atoms with Crippen LogP contribution in [0.3, 0.4) is 0 Å². The SMILES string of the molecule is Cl.O=C1N[C@H](c2ccc(Oc3ccccc3)cc2)CO1. The molecule has 0 radical (unpaired) electrons. The van der Waals surface area contributed by atoms with Gasteiger partial charge in [-0.1, -0.05) is 30.3 Å². The van der Waals surface area contributed by atoms with E-state index < -0.39 is 0 Å². The standard InChI is InChI=1S/C15H13NO3.ClH/c17-15-16-14(10-18-15)11-6-8-13(9-7-11)19-12-4-2-1-3-5-12;/h1-9,14H,10H2,(H,16,17);1H/t14-;/m0./s1. The number of para-hydroxylation sites is 1. The Labute approximate surface area is 123 Å². The van der Waals surface area contributed by atoms with E-state index in [-0.39, 0.29) is 24.5 Å². The highest BCUT2D eigenvalue weighted by molar-refractivity contribution is 5.85. The van der Waals surface area contributed by atoms with Gasteiger partial charge in [-0.05, 0) is 29.8 Å². The third kappa shape index (κ3) is 3.22. The number of hydrogen-bond acceptors (Lipinski definition) is 3. The van der Waals surface area contributed by atoms with Crippen LogP contribution in [0.4, 0.5) is 4.79 Å². The summed E-state index contributed by atoms with van der Waals surface area (Å²) >= 11 is 0. The molecule has 1 aliphatic heterocycles. The van der Waals surface area contributed by atoms with Gasteiger partial charge in [0.05, 0.1) is 6.04 Å². The third-order valence-corrected chi connectivity index (χ3v) is 2.93. The van der Waals surface area contributed by atoms with Crippen LogP contribution in [0.15, 0.2) is 54.6 Å². The molecular weight excluding hydrogens is 278 g/mol. The highest BCUT2D eigenvalue weighted by atomic mass is 35.5. The van der Waals surface area contributed by atoms with Crippen LogP contribution in [0.2, 0.25) is 0 Å². The summed E-state index contributed by atoms with van der Waals surface area (Å²) in [7, 11) is 0. The van der Waals surface area contributed by atoms with Crippen LogP contribution in [-0.2, 0) is 4.74 Å². The Morgan fingerprint density at radius 2 is 1.65 bits per heavy atom. The Hall–Kier alpha value is -2.20. The van der Waals surface area contributed by atoms with Crippen LogP contribution in [0, 0.1) is 0 Å². The first-order chi connectivity index (χ1) is 9.31. The first-order valence-corrected chi connectivity index (χ1v) is 6.07. The quantitative estimate of drug-likeness (QED) is 0.938. The number of cyclic esters (lactones) is 1. The van der Waals surface area contributed by atoms with Crippen LogP contribution < -0.4 is 10.1 Å². The number of benzene rings is 2. The van der Waals surface area contributed by atoms with Gasteiger partial charge in [-0.3, -0.25) is 0 Å². The Balaban J connectivity index is 0.00000147. The van der Waals surface area contributed by atoms with Crippen molar-refractivity contribution in [2.24, 2.45) is 0 Å². The van der Waals surface area contributed by atoms with Crippen molar-refractivity contribution in [1.82, 2.24) is 5.32 Å². The molecule has 1 saturated heterocycles. The number of rotatable bonds is 3. The topological polar surface area (TPSA) is 47.6 Å². The molecule has 0 bridgehead atoms. The molecule has 0 saturated carbocycles. The molecule has 4 nitrogen and oxygen atoms in total. The fourth-order valence-electron chi connectivity index (χ4n) is 1.96. The van der Waals surface area contributed by atoms with Gasteiger partial charge in [0, 0.05) is 0 Å². The second-order valence-corrected chi connectivity index (χ2v) is 4.28. The summed E-state index contributed by atoms with van der Waals surface area (Å²) in [5.41, 5.74) is 1.01. The highest BCUT2D eigenvalue weighted by Gasteiger charge is 2.23. The fraction of sp³-hybridized carbons (Fsp3) is 0.133. The van der Waals surface area contributed by atoms with Gasteiger partial charge in [-0.2, -0.15) is 0 Å². The second-order valence-electron chi connectivity index (χ2n) is 4.28. The number of ether oxygens (including phenoxy) is 2. The van der Waals surface area contributed by atoms with E-state index in [0.717, 1.165) is 17.1 Å². The molecule has 0 aromatic heterocycles. The van der Waals surface area contributed by atoms with Crippen LogP contribution in [-0.4, -0.2) is 12.7 Å². The minimum absolute atomic E-state index is 0. The van der Waals surface area contributed by atoms with Crippen molar-refractivity contribution in [2.45, 2.75) is 6.04 Å². The minimum atomic E-state index is -0.366. The van der Waals surface area contributed by atoms with E-state index in [1.54, 1.807) is 0 Å². The largest absolute Gasteiger partial charge is 0.457 e. The van der Waals surface area contributed by atoms with Crippen molar-refractivity contribution in [3.63, 3.8) is 0 Å². The normalized spacial score (nSPS) is 16.8. The van der Waals surface area contributed by atoms with Crippen molar-refractivity contribution in [2.75, 3.05) is 6.61 Å². The molecular formula is C15H14ClNO3. The molecule has 1 amide bonds. The maximum Gasteiger partial charge on any atom is 0.407 e. The van der Waals surface area contributed by atoms with Crippen LogP contribution >= 0.6 is 12.4 Å². The van der Waals surface area contributed by atoms with Crippen molar-refractivity contribution < 1.29 is 14.3 Å². The molecule has 1 atom stereocenters. The van der Waals surface area contributed by atoms with Gasteiger partial charge < -0.3 is 14.8 Å². The number of carbonyl (C=O) groups is 1. The van der Waals surface area contributed by atoms with Crippen LogP contribution in [0.1, 0.15) is 11.6 Å². The molecule has 1 fully saturated rings. The average Bonchev–Trinajstić information content (AvgIpc) is 2.87. The van der Waals surface area contributed by atoms with E-state index in [0.29, 0.717) is 6.61 Å². The molecule has 1 N–H and O–H groups in total. The average molecular weight is 292 g/mol. The summed E-state index contributed by atoms with van der Waals surface area (Å²) in [5.74, 6) is 1.56. The minimum Gasteiger partial charge on any atom is -0.457 e. The molecule has 3 rings (SSSR count). The first-order valence-electron chi connectivity index (χ1n) is 6.07. The van der Waals surface area contributed by atoms with Gasteiger partial charge in [-0.25, -0.2) is 4.79 Å². The van der Waals surface area contributed by atoms with Gasteiger partial charge >= 0.3 is 6.09 Å². The second kappa shape index (κ2) is 6.30. The summed E-state index contributed by atoms with van der Waals surface area (Å²) in [6.45, 7) is 0.373. The van der Waals surface area contributed by atoms with Gasteiger partial charge in [0.2, 0.25) is 0 Å². The van der Waals surface area contributed by atoms with E-state index in [2.05, 4.69) is 5.32 Å². The molecule has 2 aromatic carbocycles. The summed E-state index contributed by atoms with van der Waals surface area (Å²) in [5, 5.41) is 2.74. The highest BCUT2D eigenvalue weighted by Crippen LogP contribution is 2.24. The fourth-order valence-corrected chi connectivity index (χ4v) is 1.96. The Bertz CT molecular complexity index is 571. The number of amides is 1. The Morgan fingerprint density at radius 1 is 1.00 bits per heavy atom. The monoisotopic (exact) mass is 291 g/mol. The lowest BCUT2D eigenvalue weighted by atomic mass is 10.1. The Morgan fingerprint density at radius 3 is 2.25 bits per heavy atom. The van der Waals surface area contributed by atoms with Gasteiger partial charge in [0.15, 0.2) is 0 Å². The first kappa shape index (κ1) is 14.2. The molecule has 5 heteroatoms. The molecule has 0 aliphatic carbocycles. The zero-order valence-electron chi connectivity index (χ0n) is 10.6. The van der Waals surface area contributed by atoms with Gasteiger partial charge in [0.1, 0.15) is 18.1 Å². The Kier molecular flexibility index (Phi) is 4.48. The van der Waals surface area contributed by atoms with Crippen molar-refractivity contribution in [3.05, 3.63) is 60.2 Å². The van der Waals surface area contributed by atoms with Gasteiger partial charge in [-0.15, -0.1) is 12.4 Å². The summed E-state index contributed by atoms with van der Waals surface area (Å²) in [4.78, 5) is 11.0. The van der Waals surface area contributed by atoms with Crippen molar-refractivity contribution in [3.8, 4) is 11.5 Å². The molecule has 1 heterocycles. The van der Waals surface area contributed by atoms with Crippen molar-refractivity contribution in [1.29, 1.82) is 0 Å². The van der Waals surface area contributed by atoms with Crippen LogP contribution in [0.25, 0.3) is 0 Å². The predicted octanol–water partition coefficient (Wildman–Crippen LogP) is 3.68. The van der Waals surface area contributed by atoms with E-state index >= 15 is 0 Å². The number of nitrogens with one attached hydrogen (secondary N) is 1. The third-order valence-electron chi connectivity index (χ3n) is 2.93. The molecule has 1 aliphatic rings. The van der Waals surface area contributed by atoms with Gasteiger partial charge in [0.25, 0.3) is 0 Å². The lowest BCUT2D eigenvalue weighted by Crippen LogP contribution is -2.18. The maximum absolute atomic E-state index is 11.0. The summed E-state index contributed by atoms with van der Waals surface area (Å²) in [6, 6.07) is 17.1. The summed E-state index contributed by atoms with van der Waals surface area (Å²) in [6.07, 6.45) is -0.366. The molecule has 0 unspecified atom stereocenters. The lowest BCUT2D eigenvalue weighted by Gasteiger charge is -2.09. The maximum atomic E-state index is 11.0. The number of hydrogen-bond donors (Lipinski definition) is 1. The van der Waals surface area contributed by atoms with E-state index in [1.165, 1.54) is 0 Å². The van der Waals surface area contributed by atoms with E-state index in [1.807, 2.05) is 54.6 Å². The number of halogens is 1. The molecule has 0 spiro atoms. The molecule has 2 aromatic rings. The zero-order valence-corrected chi connectivity index (χ0v) is 11.4. The predicted molar refractivity (Wildman–Crippen MR) is 77.4 cm³/mol. The molecule has 20 heavy (non-hydrogen) atoms. The van der Waals surface area contributed by atoms with Crippen molar-refractivity contribution >= 4 is 18.5 Å². The number of alkyl carbamates (subject to hydrolysis) is 1. The zero-order chi connectivity index (χ0) is 13.1. The number of carbonyl (C=O) groups excluding carboxylic acids is 1. The lowest BCUT2D eigenvalue weighted by molar-refractivity contribution is 0.177. The van der Waals surface area contributed by atoms with E-state index in [4.69, 9.17) is 9.47 Å².